The Morgan fingerprint density at radius 3 is 2.75 bits per heavy atom. The summed E-state index contributed by atoms with van der Waals surface area (Å²) < 4.78 is 0. The van der Waals surface area contributed by atoms with E-state index < -0.39 is 0 Å². The number of carbonyl (C=O) groups is 1. The van der Waals surface area contributed by atoms with E-state index in [0.717, 1.165) is 18.4 Å². The first-order valence-electron chi connectivity index (χ1n) is 5.49. The van der Waals surface area contributed by atoms with Gasteiger partial charge in [0, 0.05) is 24.7 Å². The van der Waals surface area contributed by atoms with Gasteiger partial charge in [-0.05, 0) is 37.5 Å². The van der Waals surface area contributed by atoms with Crippen molar-refractivity contribution in [3.05, 3.63) is 30.1 Å². The minimum atomic E-state index is 0.0338. The summed E-state index contributed by atoms with van der Waals surface area (Å²) in [6.45, 7) is 1.97. The molecule has 88 valence electrons. The molecular weight excluding hydrogens is 224 g/mol. The minimum absolute atomic E-state index is 0.0338. The van der Waals surface area contributed by atoms with Gasteiger partial charge in [-0.3, -0.25) is 9.78 Å². The molecule has 4 heteroatoms. The lowest BCUT2D eigenvalue weighted by atomic mass is 10.1. The summed E-state index contributed by atoms with van der Waals surface area (Å²) in [4.78, 5) is 15.5. The lowest BCUT2D eigenvalue weighted by Crippen LogP contribution is -2.26. The number of unbranched alkanes of at least 4 members (excludes halogenated alkanes) is 1. The fraction of sp³-hybridized carbons (Fsp3) is 0.500. The van der Waals surface area contributed by atoms with Gasteiger partial charge in [-0.2, -0.15) is 0 Å². The minimum Gasteiger partial charge on any atom is -0.350 e. The standard InChI is InChI=1S/C12H17ClN2O/c1-10(11-5-8-14-9-6-11)15-12(16)4-2-3-7-13/h5-6,8-10H,2-4,7H2,1H3,(H,15,16)/t10-/m1/s1. The Bertz CT molecular complexity index is 316. The van der Waals surface area contributed by atoms with Gasteiger partial charge in [-0.1, -0.05) is 0 Å². The molecule has 1 N–H and O–H groups in total. The first kappa shape index (κ1) is 13.0. The summed E-state index contributed by atoms with van der Waals surface area (Å²) in [5, 5.41) is 2.95. The first-order chi connectivity index (χ1) is 7.74. The average Bonchev–Trinajstić information content (AvgIpc) is 2.30. The molecule has 0 saturated carbocycles. The van der Waals surface area contributed by atoms with Crippen molar-refractivity contribution in [1.82, 2.24) is 10.3 Å². The maximum atomic E-state index is 11.5. The number of aromatic nitrogens is 1. The van der Waals surface area contributed by atoms with Crippen molar-refractivity contribution in [2.24, 2.45) is 0 Å². The molecule has 1 amide bonds. The Morgan fingerprint density at radius 2 is 2.12 bits per heavy atom. The highest BCUT2D eigenvalue weighted by Crippen LogP contribution is 2.10. The van der Waals surface area contributed by atoms with E-state index in [9.17, 15) is 4.79 Å². The quantitative estimate of drug-likeness (QED) is 0.614. The van der Waals surface area contributed by atoms with Gasteiger partial charge in [0.1, 0.15) is 0 Å². The van der Waals surface area contributed by atoms with Crippen molar-refractivity contribution in [2.75, 3.05) is 5.88 Å². The van der Waals surface area contributed by atoms with E-state index in [-0.39, 0.29) is 11.9 Å². The summed E-state index contributed by atoms with van der Waals surface area (Å²) in [7, 11) is 0. The molecule has 1 heterocycles. The molecule has 0 aliphatic heterocycles. The Kier molecular flexibility index (Phi) is 5.86. The number of halogens is 1. The van der Waals surface area contributed by atoms with E-state index in [1.165, 1.54) is 0 Å². The van der Waals surface area contributed by atoms with Gasteiger partial charge in [0.15, 0.2) is 0 Å². The van der Waals surface area contributed by atoms with Crippen molar-refractivity contribution in [3.63, 3.8) is 0 Å². The zero-order valence-corrected chi connectivity index (χ0v) is 10.2. The molecule has 1 rings (SSSR count). The largest absolute Gasteiger partial charge is 0.350 e. The van der Waals surface area contributed by atoms with Gasteiger partial charge in [-0.25, -0.2) is 0 Å². The maximum Gasteiger partial charge on any atom is 0.220 e. The second kappa shape index (κ2) is 7.23. The van der Waals surface area contributed by atoms with Crippen LogP contribution < -0.4 is 5.32 Å². The molecule has 0 saturated heterocycles. The van der Waals surface area contributed by atoms with Crippen LogP contribution in [0.4, 0.5) is 0 Å². The van der Waals surface area contributed by atoms with Crippen molar-refractivity contribution < 1.29 is 4.79 Å². The normalized spacial score (nSPS) is 12.1. The molecule has 0 spiro atoms. The Morgan fingerprint density at radius 1 is 1.44 bits per heavy atom. The van der Waals surface area contributed by atoms with Crippen molar-refractivity contribution >= 4 is 17.5 Å². The molecule has 0 unspecified atom stereocenters. The number of alkyl halides is 1. The summed E-state index contributed by atoms with van der Waals surface area (Å²) in [6.07, 6.45) is 5.73. The predicted molar refractivity (Wildman–Crippen MR) is 65.4 cm³/mol. The summed E-state index contributed by atoms with van der Waals surface area (Å²) in [6, 6.07) is 3.85. The molecule has 1 aromatic heterocycles. The van der Waals surface area contributed by atoms with Crippen LogP contribution in [-0.4, -0.2) is 16.8 Å². The summed E-state index contributed by atoms with van der Waals surface area (Å²) >= 11 is 5.55. The SMILES string of the molecule is C[C@@H](NC(=O)CCCCCl)c1ccncc1. The van der Waals surface area contributed by atoms with E-state index >= 15 is 0 Å². The van der Waals surface area contributed by atoms with Gasteiger partial charge >= 0.3 is 0 Å². The molecule has 0 aromatic carbocycles. The van der Waals surface area contributed by atoms with E-state index in [2.05, 4.69) is 10.3 Å². The average molecular weight is 241 g/mol. The molecule has 0 bridgehead atoms. The van der Waals surface area contributed by atoms with Crippen LogP contribution in [0.5, 0.6) is 0 Å². The van der Waals surface area contributed by atoms with Crippen LogP contribution in [0.25, 0.3) is 0 Å². The first-order valence-corrected chi connectivity index (χ1v) is 6.02. The van der Waals surface area contributed by atoms with Gasteiger partial charge in [0.25, 0.3) is 0 Å². The van der Waals surface area contributed by atoms with E-state index in [4.69, 9.17) is 11.6 Å². The topological polar surface area (TPSA) is 42.0 Å². The van der Waals surface area contributed by atoms with Gasteiger partial charge in [0.2, 0.25) is 5.91 Å². The number of nitrogens with zero attached hydrogens (tertiary/aromatic N) is 1. The van der Waals surface area contributed by atoms with E-state index in [1.54, 1.807) is 12.4 Å². The second-order valence-electron chi connectivity index (χ2n) is 3.72. The fourth-order valence-corrected chi connectivity index (χ4v) is 1.62. The zero-order chi connectivity index (χ0) is 11.8. The number of nitrogens with one attached hydrogen (secondary N) is 1. The lowest BCUT2D eigenvalue weighted by Gasteiger charge is -2.13. The molecule has 0 aliphatic rings. The van der Waals surface area contributed by atoms with E-state index in [1.807, 2.05) is 19.1 Å². The fourth-order valence-electron chi connectivity index (χ4n) is 1.43. The highest BCUT2D eigenvalue weighted by atomic mass is 35.5. The zero-order valence-electron chi connectivity index (χ0n) is 9.45. The van der Waals surface area contributed by atoms with Gasteiger partial charge in [0.05, 0.1) is 6.04 Å². The van der Waals surface area contributed by atoms with Crippen molar-refractivity contribution in [3.8, 4) is 0 Å². The number of hydrogen-bond acceptors (Lipinski definition) is 2. The van der Waals surface area contributed by atoms with Gasteiger partial charge < -0.3 is 5.32 Å². The smallest absolute Gasteiger partial charge is 0.220 e. The molecule has 3 nitrogen and oxygen atoms in total. The lowest BCUT2D eigenvalue weighted by molar-refractivity contribution is -0.121. The molecule has 0 fully saturated rings. The van der Waals surface area contributed by atoms with Crippen LogP contribution in [0.1, 0.15) is 37.8 Å². The van der Waals surface area contributed by atoms with Crippen LogP contribution in [0.15, 0.2) is 24.5 Å². The predicted octanol–water partition coefficient (Wildman–Crippen LogP) is 2.67. The van der Waals surface area contributed by atoms with Crippen LogP contribution >= 0.6 is 11.6 Å². The highest BCUT2D eigenvalue weighted by Gasteiger charge is 2.08. The second-order valence-corrected chi connectivity index (χ2v) is 4.09. The van der Waals surface area contributed by atoms with Crippen LogP contribution in [0.2, 0.25) is 0 Å². The molecule has 0 radical (unpaired) electrons. The van der Waals surface area contributed by atoms with Crippen LogP contribution in [-0.2, 0) is 4.79 Å². The Hall–Kier alpha value is -1.09. The molecule has 0 aliphatic carbocycles. The Balaban J connectivity index is 2.34. The number of rotatable bonds is 6. The van der Waals surface area contributed by atoms with Crippen molar-refractivity contribution in [1.29, 1.82) is 0 Å². The third-order valence-electron chi connectivity index (χ3n) is 2.37. The number of pyridine rings is 1. The Labute approximate surface area is 101 Å². The summed E-state index contributed by atoms with van der Waals surface area (Å²) in [5.74, 6) is 0.696. The number of carbonyl (C=O) groups excluding carboxylic acids is 1. The third kappa shape index (κ3) is 4.62. The monoisotopic (exact) mass is 240 g/mol. The molecule has 1 atom stereocenters. The molecule has 16 heavy (non-hydrogen) atoms. The maximum absolute atomic E-state index is 11.5. The highest BCUT2D eigenvalue weighted by molar-refractivity contribution is 6.17. The number of amides is 1. The summed E-state index contributed by atoms with van der Waals surface area (Å²) in [5.41, 5.74) is 1.07. The number of hydrogen-bond donors (Lipinski definition) is 1. The third-order valence-corrected chi connectivity index (χ3v) is 2.64. The van der Waals surface area contributed by atoms with Crippen LogP contribution in [0, 0.1) is 0 Å². The molecular formula is C12H17ClN2O. The molecule has 1 aromatic rings. The van der Waals surface area contributed by atoms with Crippen LogP contribution in [0.3, 0.4) is 0 Å². The van der Waals surface area contributed by atoms with Crippen molar-refractivity contribution in [2.45, 2.75) is 32.2 Å². The van der Waals surface area contributed by atoms with E-state index in [0.29, 0.717) is 12.3 Å². The van der Waals surface area contributed by atoms with Gasteiger partial charge in [-0.15, -0.1) is 11.6 Å².